The minimum Gasteiger partial charge on any atom is -0.469 e. The molecule has 0 amide bonds. The van der Waals surface area contributed by atoms with Crippen LogP contribution in [0.4, 0.5) is 5.69 Å². The zero-order valence-electron chi connectivity index (χ0n) is 11.0. The second-order valence-electron chi connectivity index (χ2n) is 4.78. The fraction of sp³-hybridized carbons (Fsp3) is 0.462. The van der Waals surface area contributed by atoms with E-state index in [-0.39, 0.29) is 17.6 Å². The lowest BCUT2D eigenvalue weighted by Crippen LogP contribution is -2.23. The predicted octanol–water partition coefficient (Wildman–Crippen LogP) is 2.35. The van der Waals surface area contributed by atoms with Gasteiger partial charge in [0.05, 0.1) is 18.0 Å². The van der Waals surface area contributed by atoms with Crippen LogP contribution in [0.1, 0.15) is 12.0 Å². The van der Waals surface area contributed by atoms with Crippen LogP contribution >= 0.6 is 15.9 Å². The number of benzene rings is 1. The number of rotatable bonds is 4. The summed E-state index contributed by atoms with van der Waals surface area (Å²) in [6.45, 7) is 2.14. The summed E-state index contributed by atoms with van der Waals surface area (Å²) in [6.07, 6.45) is 0.789. The number of nitrogens with zero attached hydrogens (tertiary/aromatic N) is 2. The third-order valence-corrected chi connectivity index (χ3v) is 4.19. The first kappa shape index (κ1) is 14.9. The highest BCUT2D eigenvalue weighted by Crippen LogP contribution is 2.26. The Morgan fingerprint density at radius 1 is 1.60 bits per heavy atom. The summed E-state index contributed by atoms with van der Waals surface area (Å²) in [6, 6.07) is 4.74. The molecule has 1 atom stereocenters. The van der Waals surface area contributed by atoms with Crippen molar-refractivity contribution in [1.82, 2.24) is 4.90 Å². The summed E-state index contributed by atoms with van der Waals surface area (Å²) >= 11 is 3.36. The molecule has 1 unspecified atom stereocenters. The number of nitro benzene ring substituents is 1. The zero-order chi connectivity index (χ0) is 14.7. The Labute approximate surface area is 125 Å². The molecule has 0 aromatic heterocycles. The fourth-order valence-corrected chi connectivity index (χ4v) is 2.85. The summed E-state index contributed by atoms with van der Waals surface area (Å²) in [5.41, 5.74) is 1.04. The van der Waals surface area contributed by atoms with Gasteiger partial charge in [0, 0.05) is 29.7 Å². The van der Waals surface area contributed by atoms with Crippen molar-refractivity contribution in [2.75, 3.05) is 20.2 Å². The maximum Gasteiger partial charge on any atom is 0.310 e. The molecule has 0 radical (unpaired) electrons. The molecule has 6 nitrogen and oxygen atoms in total. The quantitative estimate of drug-likeness (QED) is 0.477. The van der Waals surface area contributed by atoms with Gasteiger partial charge in [-0.3, -0.25) is 19.8 Å². The molecule has 1 aromatic rings. The molecule has 0 spiro atoms. The van der Waals surface area contributed by atoms with Crippen LogP contribution in [-0.4, -0.2) is 36.0 Å². The van der Waals surface area contributed by atoms with Gasteiger partial charge >= 0.3 is 5.97 Å². The Balaban J connectivity index is 2.01. The van der Waals surface area contributed by atoms with Crippen molar-refractivity contribution in [2.45, 2.75) is 13.0 Å². The van der Waals surface area contributed by atoms with E-state index in [1.54, 1.807) is 6.07 Å². The van der Waals surface area contributed by atoms with Crippen molar-refractivity contribution < 1.29 is 14.5 Å². The number of non-ortho nitro benzene ring substituents is 1. The van der Waals surface area contributed by atoms with Crippen LogP contribution in [0.5, 0.6) is 0 Å². The molecule has 0 saturated carbocycles. The number of carbonyl (C=O) groups excluding carboxylic acids is 1. The SMILES string of the molecule is COC(=O)C1CCN(Cc2ccc([N+](=O)[O-])cc2Br)C1. The number of nitro groups is 1. The van der Waals surface area contributed by atoms with Gasteiger partial charge in [-0.05, 0) is 24.6 Å². The maximum absolute atomic E-state index is 11.5. The minimum absolute atomic E-state index is 0.0643. The first-order valence-corrected chi connectivity index (χ1v) is 7.03. The van der Waals surface area contributed by atoms with E-state index >= 15 is 0 Å². The minimum atomic E-state index is -0.419. The van der Waals surface area contributed by atoms with Crippen molar-refractivity contribution in [1.29, 1.82) is 0 Å². The van der Waals surface area contributed by atoms with Gasteiger partial charge in [0.15, 0.2) is 0 Å². The second kappa shape index (κ2) is 6.32. The number of halogens is 1. The van der Waals surface area contributed by atoms with Gasteiger partial charge in [0.25, 0.3) is 5.69 Å². The van der Waals surface area contributed by atoms with E-state index < -0.39 is 4.92 Å². The van der Waals surface area contributed by atoms with Gasteiger partial charge < -0.3 is 4.74 Å². The molecule has 1 aromatic carbocycles. The first-order chi connectivity index (χ1) is 9.51. The number of hydrogen-bond donors (Lipinski definition) is 0. The molecule has 108 valence electrons. The number of ether oxygens (including phenoxy) is 1. The largest absolute Gasteiger partial charge is 0.469 e. The molecule has 0 N–H and O–H groups in total. The summed E-state index contributed by atoms with van der Waals surface area (Å²) in [7, 11) is 1.40. The summed E-state index contributed by atoms with van der Waals surface area (Å²) in [5, 5.41) is 10.7. The van der Waals surface area contributed by atoms with Crippen molar-refractivity contribution in [2.24, 2.45) is 5.92 Å². The van der Waals surface area contributed by atoms with Crippen molar-refractivity contribution in [3.63, 3.8) is 0 Å². The molecule has 7 heteroatoms. The second-order valence-corrected chi connectivity index (χ2v) is 5.63. The van der Waals surface area contributed by atoms with Crippen molar-refractivity contribution in [3.8, 4) is 0 Å². The third kappa shape index (κ3) is 3.34. The van der Waals surface area contributed by atoms with Crippen molar-refractivity contribution in [3.05, 3.63) is 38.3 Å². The summed E-state index contributed by atoms with van der Waals surface area (Å²) in [5.74, 6) is -0.243. The lowest BCUT2D eigenvalue weighted by Gasteiger charge is -2.16. The van der Waals surface area contributed by atoms with Crippen LogP contribution in [0.3, 0.4) is 0 Å². The lowest BCUT2D eigenvalue weighted by molar-refractivity contribution is -0.384. The van der Waals surface area contributed by atoms with Crippen LogP contribution in [-0.2, 0) is 16.1 Å². The highest BCUT2D eigenvalue weighted by atomic mass is 79.9. The van der Waals surface area contributed by atoms with Gasteiger partial charge in [-0.2, -0.15) is 0 Å². The van der Waals surface area contributed by atoms with Crippen LogP contribution < -0.4 is 0 Å². The Morgan fingerprint density at radius 2 is 2.35 bits per heavy atom. The lowest BCUT2D eigenvalue weighted by atomic mass is 10.1. The topological polar surface area (TPSA) is 72.7 Å². The number of methoxy groups -OCH3 is 1. The number of esters is 1. The van der Waals surface area contributed by atoms with Crippen LogP contribution in [0, 0.1) is 16.0 Å². The Bertz CT molecular complexity index is 535. The van der Waals surface area contributed by atoms with Gasteiger partial charge in [-0.1, -0.05) is 15.9 Å². The number of likely N-dealkylation sites (tertiary alicyclic amines) is 1. The van der Waals surface area contributed by atoms with Crippen LogP contribution in [0.2, 0.25) is 0 Å². The molecular weight excluding hydrogens is 328 g/mol. The predicted molar refractivity (Wildman–Crippen MR) is 76.2 cm³/mol. The molecule has 1 saturated heterocycles. The highest BCUT2D eigenvalue weighted by molar-refractivity contribution is 9.10. The van der Waals surface area contributed by atoms with E-state index in [0.29, 0.717) is 17.6 Å². The first-order valence-electron chi connectivity index (χ1n) is 6.24. The van der Waals surface area contributed by atoms with Crippen molar-refractivity contribution >= 4 is 27.6 Å². The summed E-state index contributed by atoms with van der Waals surface area (Å²) < 4.78 is 5.46. The van der Waals surface area contributed by atoms with E-state index in [2.05, 4.69) is 20.8 Å². The van der Waals surface area contributed by atoms with Gasteiger partial charge in [0.2, 0.25) is 0 Å². The Hall–Kier alpha value is -1.47. The molecule has 20 heavy (non-hydrogen) atoms. The maximum atomic E-state index is 11.5. The molecule has 1 heterocycles. The Kier molecular flexibility index (Phi) is 4.72. The summed E-state index contributed by atoms with van der Waals surface area (Å²) in [4.78, 5) is 23.9. The molecule has 0 aliphatic carbocycles. The van der Waals surface area contributed by atoms with E-state index in [1.807, 2.05) is 0 Å². The molecule has 2 rings (SSSR count). The van der Waals surface area contributed by atoms with E-state index in [4.69, 9.17) is 4.74 Å². The molecule has 1 aliphatic heterocycles. The smallest absolute Gasteiger partial charge is 0.310 e. The average molecular weight is 343 g/mol. The van der Waals surface area contributed by atoms with E-state index in [1.165, 1.54) is 19.2 Å². The molecule has 0 bridgehead atoms. The van der Waals surface area contributed by atoms with Crippen LogP contribution in [0.25, 0.3) is 0 Å². The average Bonchev–Trinajstić information content (AvgIpc) is 2.88. The standard InChI is InChI=1S/C13H15BrN2O4/c1-20-13(17)10-4-5-15(8-10)7-9-2-3-11(16(18)19)6-12(9)14/h2-3,6,10H,4-5,7-8H2,1H3. The third-order valence-electron chi connectivity index (χ3n) is 3.45. The van der Waals surface area contributed by atoms with E-state index in [9.17, 15) is 14.9 Å². The van der Waals surface area contributed by atoms with Gasteiger partial charge in [-0.15, -0.1) is 0 Å². The molecule has 1 fully saturated rings. The van der Waals surface area contributed by atoms with Crippen LogP contribution in [0.15, 0.2) is 22.7 Å². The van der Waals surface area contributed by atoms with E-state index in [0.717, 1.165) is 18.5 Å². The Morgan fingerprint density at radius 3 is 2.95 bits per heavy atom. The van der Waals surface area contributed by atoms with Gasteiger partial charge in [0.1, 0.15) is 0 Å². The zero-order valence-corrected chi connectivity index (χ0v) is 12.6. The normalized spacial score (nSPS) is 19.0. The molecule has 1 aliphatic rings. The molecular formula is C13H15BrN2O4. The number of carbonyl (C=O) groups is 1. The monoisotopic (exact) mass is 342 g/mol. The van der Waals surface area contributed by atoms with Gasteiger partial charge in [-0.25, -0.2) is 0 Å². The number of hydrogen-bond acceptors (Lipinski definition) is 5. The fourth-order valence-electron chi connectivity index (χ4n) is 2.35. The highest BCUT2D eigenvalue weighted by Gasteiger charge is 2.29.